The summed E-state index contributed by atoms with van der Waals surface area (Å²) >= 11 is 3.39. The zero-order chi connectivity index (χ0) is 14.8. The maximum Gasteiger partial charge on any atom is 0.170 e. The van der Waals surface area contributed by atoms with Gasteiger partial charge in [0.25, 0.3) is 0 Å². The molecule has 2 aromatic rings. The Morgan fingerprint density at radius 3 is 2.90 bits per heavy atom. The standard InChI is InChI=1S/C17H15BrO3/c1-20-10-11-4-2-3-5-13(11)17-9-15(19)14-8-12(18)6-7-16(14)21-17/h2-8,17H,9-10H2,1H3. The van der Waals surface area contributed by atoms with Crippen molar-refractivity contribution in [2.45, 2.75) is 19.1 Å². The second-order valence-electron chi connectivity index (χ2n) is 5.01. The summed E-state index contributed by atoms with van der Waals surface area (Å²) in [6.45, 7) is 0.511. The third-order valence-corrected chi connectivity index (χ3v) is 4.08. The largest absolute Gasteiger partial charge is 0.484 e. The lowest BCUT2D eigenvalue weighted by atomic mass is 9.94. The van der Waals surface area contributed by atoms with Crippen molar-refractivity contribution in [3.63, 3.8) is 0 Å². The minimum atomic E-state index is -0.252. The number of ether oxygens (including phenoxy) is 2. The van der Waals surface area contributed by atoms with Crippen molar-refractivity contribution in [2.24, 2.45) is 0 Å². The highest BCUT2D eigenvalue weighted by Gasteiger charge is 2.28. The number of rotatable bonds is 3. The van der Waals surface area contributed by atoms with Crippen LogP contribution in [0.5, 0.6) is 5.75 Å². The van der Waals surface area contributed by atoms with Gasteiger partial charge in [-0.05, 0) is 29.3 Å². The molecular formula is C17H15BrO3. The fourth-order valence-electron chi connectivity index (χ4n) is 2.60. The van der Waals surface area contributed by atoms with Crippen molar-refractivity contribution in [1.82, 2.24) is 0 Å². The molecule has 1 aliphatic rings. The number of methoxy groups -OCH3 is 1. The smallest absolute Gasteiger partial charge is 0.170 e. The SMILES string of the molecule is COCc1ccccc1C1CC(=O)c2cc(Br)ccc2O1. The van der Waals surface area contributed by atoms with Gasteiger partial charge in [-0.3, -0.25) is 4.79 Å². The zero-order valence-corrected chi connectivity index (χ0v) is 13.2. The summed E-state index contributed by atoms with van der Waals surface area (Å²) in [6.07, 6.45) is 0.0991. The van der Waals surface area contributed by atoms with E-state index in [4.69, 9.17) is 9.47 Å². The van der Waals surface area contributed by atoms with Crippen LogP contribution in [-0.4, -0.2) is 12.9 Å². The molecule has 2 aromatic carbocycles. The number of hydrogen-bond acceptors (Lipinski definition) is 3. The molecule has 21 heavy (non-hydrogen) atoms. The average molecular weight is 347 g/mol. The van der Waals surface area contributed by atoms with Gasteiger partial charge in [-0.2, -0.15) is 0 Å². The lowest BCUT2D eigenvalue weighted by molar-refractivity contribution is 0.0845. The molecule has 3 nitrogen and oxygen atoms in total. The van der Waals surface area contributed by atoms with E-state index in [2.05, 4.69) is 15.9 Å². The van der Waals surface area contributed by atoms with Crippen molar-refractivity contribution in [2.75, 3.05) is 7.11 Å². The van der Waals surface area contributed by atoms with Crippen molar-refractivity contribution in [3.8, 4) is 5.75 Å². The number of halogens is 1. The number of fused-ring (bicyclic) bond motifs is 1. The van der Waals surface area contributed by atoms with E-state index >= 15 is 0 Å². The van der Waals surface area contributed by atoms with Gasteiger partial charge in [-0.15, -0.1) is 0 Å². The quantitative estimate of drug-likeness (QED) is 0.830. The highest BCUT2D eigenvalue weighted by atomic mass is 79.9. The lowest BCUT2D eigenvalue weighted by Crippen LogP contribution is -2.21. The van der Waals surface area contributed by atoms with Crippen molar-refractivity contribution in [3.05, 3.63) is 63.6 Å². The Bertz CT molecular complexity index is 681. The second kappa shape index (κ2) is 6.00. The van der Waals surface area contributed by atoms with Gasteiger partial charge in [0.15, 0.2) is 5.78 Å². The number of hydrogen-bond donors (Lipinski definition) is 0. The van der Waals surface area contributed by atoms with Crippen LogP contribution in [0.15, 0.2) is 46.9 Å². The van der Waals surface area contributed by atoms with E-state index in [1.54, 1.807) is 7.11 Å². The number of Topliss-reactive ketones (excluding diaryl/α,β-unsaturated/α-hetero) is 1. The summed E-state index contributed by atoms with van der Waals surface area (Å²) in [6, 6.07) is 13.5. The van der Waals surface area contributed by atoms with E-state index in [1.165, 1.54) is 0 Å². The maximum atomic E-state index is 12.4. The van der Waals surface area contributed by atoms with Gasteiger partial charge in [0.05, 0.1) is 18.6 Å². The fraction of sp³-hybridized carbons (Fsp3) is 0.235. The molecule has 1 unspecified atom stereocenters. The van der Waals surface area contributed by atoms with Crippen LogP contribution in [-0.2, 0) is 11.3 Å². The van der Waals surface area contributed by atoms with Gasteiger partial charge >= 0.3 is 0 Å². The molecule has 0 saturated heterocycles. The molecule has 1 heterocycles. The Labute approximate surface area is 132 Å². The molecule has 108 valence electrons. The van der Waals surface area contributed by atoms with E-state index in [-0.39, 0.29) is 11.9 Å². The first-order valence-electron chi connectivity index (χ1n) is 6.75. The third kappa shape index (κ3) is 2.87. The minimum Gasteiger partial charge on any atom is -0.484 e. The van der Waals surface area contributed by atoms with Crippen LogP contribution < -0.4 is 4.74 Å². The molecule has 4 heteroatoms. The predicted octanol–water partition coefficient (Wildman–Crippen LogP) is 4.30. The summed E-state index contributed by atoms with van der Waals surface area (Å²) < 4.78 is 12.1. The molecule has 1 atom stereocenters. The Morgan fingerprint density at radius 1 is 1.29 bits per heavy atom. The Balaban J connectivity index is 1.96. The van der Waals surface area contributed by atoms with Crippen LogP contribution in [0.1, 0.15) is 34.0 Å². The predicted molar refractivity (Wildman–Crippen MR) is 83.6 cm³/mol. The van der Waals surface area contributed by atoms with E-state index < -0.39 is 0 Å². The summed E-state index contributed by atoms with van der Waals surface area (Å²) in [5, 5.41) is 0. The van der Waals surface area contributed by atoms with Gasteiger partial charge in [0.1, 0.15) is 11.9 Å². The van der Waals surface area contributed by atoms with Gasteiger partial charge in [-0.25, -0.2) is 0 Å². The summed E-state index contributed by atoms with van der Waals surface area (Å²) in [4.78, 5) is 12.4. The van der Waals surface area contributed by atoms with E-state index in [0.717, 1.165) is 15.6 Å². The van der Waals surface area contributed by atoms with Gasteiger partial charge in [0.2, 0.25) is 0 Å². The molecule has 0 saturated carbocycles. The first-order chi connectivity index (χ1) is 10.2. The molecule has 0 radical (unpaired) electrons. The first kappa shape index (κ1) is 14.3. The highest BCUT2D eigenvalue weighted by Crippen LogP contribution is 2.37. The van der Waals surface area contributed by atoms with Gasteiger partial charge in [-0.1, -0.05) is 40.2 Å². The second-order valence-corrected chi connectivity index (χ2v) is 5.92. The monoisotopic (exact) mass is 346 g/mol. The summed E-state index contributed by atoms with van der Waals surface area (Å²) in [5.41, 5.74) is 2.71. The minimum absolute atomic E-state index is 0.106. The summed E-state index contributed by atoms with van der Waals surface area (Å²) in [5.74, 6) is 0.751. The lowest BCUT2D eigenvalue weighted by Gasteiger charge is -2.27. The molecule has 3 rings (SSSR count). The maximum absolute atomic E-state index is 12.4. The highest BCUT2D eigenvalue weighted by molar-refractivity contribution is 9.10. The molecule has 0 aliphatic carbocycles. The fourth-order valence-corrected chi connectivity index (χ4v) is 2.97. The van der Waals surface area contributed by atoms with Crippen molar-refractivity contribution >= 4 is 21.7 Å². The van der Waals surface area contributed by atoms with Gasteiger partial charge in [0, 0.05) is 11.6 Å². The van der Waals surface area contributed by atoms with Crippen molar-refractivity contribution in [1.29, 1.82) is 0 Å². The molecule has 1 aliphatic heterocycles. The molecule has 0 N–H and O–H groups in total. The molecule has 0 spiro atoms. The molecule has 0 amide bonds. The van der Waals surface area contributed by atoms with E-state index in [9.17, 15) is 4.79 Å². The van der Waals surface area contributed by atoms with E-state index in [1.807, 2.05) is 42.5 Å². The molecule has 0 fully saturated rings. The van der Waals surface area contributed by atoms with Gasteiger partial charge < -0.3 is 9.47 Å². The average Bonchev–Trinajstić information content (AvgIpc) is 2.49. The first-order valence-corrected chi connectivity index (χ1v) is 7.54. The Morgan fingerprint density at radius 2 is 2.10 bits per heavy atom. The Hall–Kier alpha value is -1.65. The number of benzene rings is 2. The number of ketones is 1. The van der Waals surface area contributed by atoms with Crippen LogP contribution in [0.25, 0.3) is 0 Å². The molecule has 0 aromatic heterocycles. The Kier molecular flexibility index (Phi) is 4.08. The summed E-state index contributed by atoms with van der Waals surface area (Å²) in [7, 11) is 1.66. The number of carbonyl (C=O) groups is 1. The third-order valence-electron chi connectivity index (χ3n) is 3.58. The zero-order valence-electron chi connectivity index (χ0n) is 11.6. The van der Waals surface area contributed by atoms with Crippen LogP contribution >= 0.6 is 15.9 Å². The van der Waals surface area contributed by atoms with Crippen LogP contribution in [0, 0.1) is 0 Å². The number of carbonyl (C=O) groups excluding carboxylic acids is 1. The molecular weight excluding hydrogens is 332 g/mol. The van der Waals surface area contributed by atoms with Crippen LogP contribution in [0.4, 0.5) is 0 Å². The molecule has 0 bridgehead atoms. The van der Waals surface area contributed by atoms with Crippen LogP contribution in [0.3, 0.4) is 0 Å². The van der Waals surface area contributed by atoms with E-state index in [0.29, 0.717) is 24.3 Å². The van der Waals surface area contributed by atoms with Crippen molar-refractivity contribution < 1.29 is 14.3 Å². The normalized spacial score (nSPS) is 17.2. The van der Waals surface area contributed by atoms with Crippen LogP contribution in [0.2, 0.25) is 0 Å². The topological polar surface area (TPSA) is 35.5 Å².